The molecule has 0 saturated heterocycles. The number of nitrogens with zero attached hydrogens (tertiary/aromatic N) is 2. The van der Waals surface area contributed by atoms with Gasteiger partial charge < -0.3 is 4.74 Å². The molecular formula is C13H13ClN2O3. The van der Waals surface area contributed by atoms with Crippen LogP contribution in [0.25, 0.3) is 0 Å². The van der Waals surface area contributed by atoms with Crippen molar-refractivity contribution in [2.24, 2.45) is 11.0 Å². The van der Waals surface area contributed by atoms with Crippen LogP contribution in [0.4, 0.5) is 0 Å². The Morgan fingerprint density at radius 1 is 1.47 bits per heavy atom. The van der Waals surface area contributed by atoms with E-state index in [1.807, 2.05) is 18.2 Å². The molecule has 0 aromatic heterocycles. The number of esters is 1. The minimum absolute atomic E-state index is 0.237. The molecule has 0 fully saturated rings. The van der Waals surface area contributed by atoms with Crippen LogP contribution in [0.15, 0.2) is 29.4 Å². The van der Waals surface area contributed by atoms with E-state index in [1.54, 1.807) is 13.0 Å². The maximum atomic E-state index is 12.0. The SMILES string of the molecule is CCOC(=O)C1C=NN(Cc2ccccc2Cl)C1=O. The summed E-state index contributed by atoms with van der Waals surface area (Å²) in [5.41, 5.74) is 0.777. The molecule has 0 bridgehead atoms. The molecule has 100 valence electrons. The fourth-order valence-corrected chi connectivity index (χ4v) is 1.92. The molecule has 1 unspecified atom stereocenters. The van der Waals surface area contributed by atoms with Gasteiger partial charge in [0.1, 0.15) is 0 Å². The third-order valence-electron chi connectivity index (χ3n) is 2.69. The van der Waals surface area contributed by atoms with Crippen LogP contribution in [0, 0.1) is 5.92 Å². The predicted molar refractivity (Wildman–Crippen MR) is 70.6 cm³/mol. The minimum Gasteiger partial charge on any atom is -0.465 e. The lowest BCUT2D eigenvalue weighted by molar-refractivity contribution is -0.151. The summed E-state index contributed by atoms with van der Waals surface area (Å²) in [6.07, 6.45) is 1.30. The normalized spacial score (nSPS) is 17.9. The second-order valence-corrected chi connectivity index (χ2v) is 4.39. The number of ether oxygens (including phenoxy) is 1. The van der Waals surface area contributed by atoms with E-state index in [0.717, 1.165) is 5.56 Å². The zero-order valence-corrected chi connectivity index (χ0v) is 11.1. The Hall–Kier alpha value is -1.88. The minimum atomic E-state index is -0.942. The van der Waals surface area contributed by atoms with Gasteiger partial charge in [0.15, 0.2) is 5.92 Å². The number of hydrazone groups is 1. The molecular weight excluding hydrogens is 268 g/mol. The van der Waals surface area contributed by atoms with Gasteiger partial charge in [-0.3, -0.25) is 9.59 Å². The smallest absolute Gasteiger partial charge is 0.324 e. The lowest BCUT2D eigenvalue weighted by atomic mass is 10.1. The highest BCUT2D eigenvalue weighted by atomic mass is 35.5. The third-order valence-corrected chi connectivity index (χ3v) is 3.06. The van der Waals surface area contributed by atoms with Crippen molar-refractivity contribution in [3.63, 3.8) is 0 Å². The maximum absolute atomic E-state index is 12.0. The van der Waals surface area contributed by atoms with Gasteiger partial charge in [-0.25, -0.2) is 5.01 Å². The van der Waals surface area contributed by atoms with E-state index in [1.165, 1.54) is 11.2 Å². The quantitative estimate of drug-likeness (QED) is 0.625. The Morgan fingerprint density at radius 2 is 2.21 bits per heavy atom. The molecule has 0 radical (unpaired) electrons. The van der Waals surface area contributed by atoms with E-state index in [4.69, 9.17) is 16.3 Å². The van der Waals surface area contributed by atoms with E-state index in [-0.39, 0.29) is 13.2 Å². The lowest BCUT2D eigenvalue weighted by Crippen LogP contribution is -2.31. The highest BCUT2D eigenvalue weighted by Crippen LogP contribution is 2.20. The lowest BCUT2D eigenvalue weighted by Gasteiger charge is -2.14. The molecule has 0 saturated carbocycles. The molecule has 0 spiro atoms. The first-order chi connectivity index (χ1) is 9.13. The second kappa shape index (κ2) is 5.84. The number of rotatable bonds is 4. The van der Waals surface area contributed by atoms with Gasteiger partial charge >= 0.3 is 5.97 Å². The van der Waals surface area contributed by atoms with Gasteiger partial charge in [-0.05, 0) is 18.6 Å². The molecule has 5 nitrogen and oxygen atoms in total. The summed E-state index contributed by atoms with van der Waals surface area (Å²) < 4.78 is 4.81. The van der Waals surface area contributed by atoms with Gasteiger partial charge in [0.2, 0.25) is 0 Å². The summed E-state index contributed by atoms with van der Waals surface area (Å²) in [7, 11) is 0. The predicted octanol–water partition coefficient (Wildman–Crippen LogP) is 1.85. The third kappa shape index (κ3) is 2.93. The van der Waals surface area contributed by atoms with Crippen LogP contribution < -0.4 is 0 Å². The first-order valence-electron chi connectivity index (χ1n) is 5.89. The van der Waals surface area contributed by atoms with Crippen LogP contribution >= 0.6 is 11.6 Å². The summed E-state index contributed by atoms with van der Waals surface area (Å²) in [6, 6.07) is 7.18. The van der Waals surface area contributed by atoms with Crippen molar-refractivity contribution in [3.8, 4) is 0 Å². The number of carbonyl (C=O) groups is 2. The number of hydrogen-bond acceptors (Lipinski definition) is 4. The monoisotopic (exact) mass is 280 g/mol. The van der Waals surface area contributed by atoms with E-state index >= 15 is 0 Å². The molecule has 0 aliphatic carbocycles. The summed E-state index contributed by atoms with van der Waals surface area (Å²) in [5.74, 6) is -1.90. The number of halogens is 1. The molecule has 0 N–H and O–H groups in total. The zero-order chi connectivity index (χ0) is 13.8. The molecule has 2 rings (SSSR count). The number of hydrogen-bond donors (Lipinski definition) is 0. The van der Waals surface area contributed by atoms with Crippen molar-refractivity contribution in [1.29, 1.82) is 0 Å². The molecule has 1 aliphatic rings. The molecule has 1 amide bonds. The molecule has 1 aromatic carbocycles. The number of carbonyl (C=O) groups excluding carboxylic acids is 2. The largest absolute Gasteiger partial charge is 0.465 e. The molecule has 1 heterocycles. The standard InChI is InChI=1S/C13H13ClN2O3/c1-2-19-13(18)10-7-15-16(12(10)17)8-9-5-3-4-6-11(9)14/h3-7,10H,2,8H2,1H3. The Morgan fingerprint density at radius 3 is 2.89 bits per heavy atom. The van der Waals surface area contributed by atoms with Gasteiger partial charge in [-0.2, -0.15) is 5.10 Å². The van der Waals surface area contributed by atoms with Crippen molar-refractivity contribution < 1.29 is 14.3 Å². The fourth-order valence-electron chi connectivity index (χ4n) is 1.73. The molecule has 6 heteroatoms. The van der Waals surface area contributed by atoms with Gasteiger partial charge in [-0.15, -0.1) is 0 Å². The highest BCUT2D eigenvalue weighted by Gasteiger charge is 2.35. The van der Waals surface area contributed by atoms with Crippen LogP contribution in [-0.2, 0) is 20.9 Å². The van der Waals surface area contributed by atoms with Gasteiger partial charge in [0.25, 0.3) is 5.91 Å². The number of benzene rings is 1. The first-order valence-corrected chi connectivity index (χ1v) is 6.26. The Labute approximate surface area is 115 Å². The number of amides is 1. The van der Waals surface area contributed by atoms with Crippen molar-refractivity contribution in [2.45, 2.75) is 13.5 Å². The van der Waals surface area contributed by atoms with Crippen LogP contribution in [0.5, 0.6) is 0 Å². The Balaban J connectivity index is 2.05. The van der Waals surface area contributed by atoms with E-state index in [2.05, 4.69) is 5.10 Å². The van der Waals surface area contributed by atoms with Gasteiger partial charge in [0, 0.05) is 11.2 Å². The summed E-state index contributed by atoms with van der Waals surface area (Å²) in [4.78, 5) is 23.5. The van der Waals surface area contributed by atoms with Crippen molar-refractivity contribution >= 4 is 29.7 Å². The van der Waals surface area contributed by atoms with E-state index in [9.17, 15) is 9.59 Å². The molecule has 19 heavy (non-hydrogen) atoms. The average molecular weight is 281 g/mol. The fraction of sp³-hybridized carbons (Fsp3) is 0.308. The highest BCUT2D eigenvalue weighted by molar-refractivity contribution is 6.31. The van der Waals surface area contributed by atoms with Crippen molar-refractivity contribution in [2.75, 3.05) is 6.61 Å². The van der Waals surface area contributed by atoms with Crippen LogP contribution in [0.2, 0.25) is 5.02 Å². The van der Waals surface area contributed by atoms with Crippen molar-refractivity contribution in [3.05, 3.63) is 34.9 Å². The van der Waals surface area contributed by atoms with Crippen molar-refractivity contribution in [1.82, 2.24) is 5.01 Å². The second-order valence-electron chi connectivity index (χ2n) is 3.98. The van der Waals surface area contributed by atoms with Gasteiger partial charge in [0.05, 0.1) is 13.2 Å². The van der Waals surface area contributed by atoms with Gasteiger partial charge in [-0.1, -0.05) is 29.8 Å². The topological polar surface area (TPSA) is 59.0 Å². The Bertz CT molecular complexity index is 530. The Kier molecular flexibility index (Phi) is 4.16. The van der Waals surface area contributed by atoms with E-state index < -0.39 is 17.8 Å². The molecule has 1 aromatic rings. The summed E-state index contributed by atoms with van der Waals surface area (Å²) >= 11 is 6.02. The first kappa shape index (κ1) is 13.5. The average Bonchev–Trinajstić information content (AvgIpc) is 2.74. The van der Waals surface area contributed by atoms with Crippen LogP contribution in [0.1, 0.15) is 12.5 Å². The van der Waals surface area contributed by atoms with E-state index in [0.29, 0.717) is 5.02 Å². The van der Waals surface area contributed by atoms with Crippen LogP contribution in [-0.4, -0.2) is 29.7 Å². The summed E-state index contributed by atoms with van der Waals surface area (Å²) in [6.45, 7) is 2.17. The zero-order valence-electron chi connectivity index (χ0n) is 10.4. The summed E-state index contributed by atoms with van der Waals surface area (Å²) in [5, 5.41) is 5.72. The maximum Gasteiger partial charge on any atom is 0.324 e. The van der Waals surface area contributed by atoms with Crippen LogP contribution in [0.3, 0.4) is 0 Å². The molecule has 1 atom stereocenters. The molecule has 1 aliphatic heterocycles.